The van der Waals surface area contributed by atoms with Crippen molar-refractivity contribution in [1.82, 2.24) is 5.32 Å². The number of rotatable bonds is 9. The van der Waals surface area contributed by atoms with Crippen LogP contribution in [0.15, 0.2) is 5.16 Å². The Balaban J connectivity index is 4.54. The zero-order valence-electron chi connectivity index (χ0n) is 11.8. The molecule has 0 radical (unpaired) electrons. The summed E-state index contributed by atoms with van der Waals surface area (Å²) in [5.41, 5.74) is 5.58. The number of carbonyl (C=O) groups excluding carboxylic acids is 1. The summed E-state index contributed by atoms with van der Waals surface area (Å²) in [5, 5.41) is 14.6. The van der Waals surface area contributed by atoms with Crippen LogP contribution in [0.5, 0.6) is 0 Å². The molecule has 106 valence electrons. The fourth-order valence-corrected chi connectivity index (χ4v) is 2.05. The van der Waals surface area contributed by atoms with E-state index >= 15 is 0 Å². The van der Waals surface area contributed by atoms with Gasteiger partial charge < -0.3 is 16.3 Å². The molecule has 0 aromatic heterocycles. The van der Waals surface area contributed by atoms with Crippen LogP contribution in [0, 0.1) is 5.92 Å². The maximum absolute atomic E-state index is 12.1. The van der Waals surface area contributed by atoms with E-state index in [0.717, 1.165) is 32.1 Å². The van der Waals surface area contributed by atoms with Crippen LogP contribution < -0.4 is 11.1 Å². The minimum absolute atomic E-state index is 0.0174. The zero-order valence-corrected chi connectivity index (χ0v) is 11.8. The molecule has 0 aromatic rings. The van der Waals surface area contributed by atoms with Gasteiger partial charge in [0.2, 0.25) is 5.91 Å². The lowest BCUT2D eigenvalue weighted by Crippen LogP contribution is -2.46. The van der Waals surface area contributed by atoms with Crippen molar-refractivity contribution >= 4 is 11.7 Å². The van der Waals surface area contributed by atoms with Crippen molar-refractivity contribution in [1.29, 1.82) is 0 Å². The smallest absolute Gasteiger partial charge is 0.223 e. The van der Waals surface area contributed by atoms with Crippen LogP contribution in [0.3, 0.4) is 0 Å². The molecule has 5 nitrogen and oxygen atoms in total. The molecule has 0 fully saturated rings. The van der Waals surface area contributed by atoms with Crippen LogP contribution in [-0.2, 0) is 4.79 Å². The lowest BCUT2D eigenvalue weighted by Gasteiger charge is -2.21. The Morgan fingerprint density at radius 1 is 1.17 bits per heavy atom. The fourth-order valence-electron chi connectivity index (χ4n) is 2.05. The zero-order chi connectivity index (χ0) is 14.0. The Labute approximate surface area is 110 Å². The van der Waals surface area contributed by atoms with Crippen molar-refractivity contribution in [2.75, 3.05) is 0 Å². The third-order valence-corrected chi connectivity index (χ3v) is 3.01. The molecule has 18 heavy (non-hydrogen) atoms. The summed E-state index contributed by atoms with van der Waals surface area (Å²) in [6, 6.07) is -0.358. The second-order valence-electron chi connectivity index (χ2n) is 4.65. The summed E-state index contributed by atoms with van der Waals surface area (Å²) in [5.74, 6) is 0.131. The van der Waals surface area contributed by atoms with Gasteiger partial charge in [-0.1, -0.05) is 45.2 Å². The molecule has 1 amide bonds. The number of hydrogen-bond donors (Lipinski definition) is 3. The highest BCUT2D eigenvalue weighted by molar-refractivity contribution is 5.90. The molecule has 0 bridgehead atoms. The molecule has 4 N–H and O–H groups in total. The maximum atomic E-state index is 12.1. The van der Waals surface area contributed by atoms with Gasteiger partial charge in [-0.2, -0.15) is 0 Å². The number of oxime groups is 1. The van der Waals surface area contributed by atoms with E-state index in [1.165, 1.54) is 0 Å². The quantitative estimate of drug-likeness (QED) is 0.256. The number of amides is 1. The topological polar surface area (TPSA) is 87.7 Å². The average molecular weight is 257 g/mol. The summed E-state index contributed by atoms with van der Waals surface area (Å²) in [6.45, 7) is 6.14. The molecule has 0 saturated carbocycles. The van der Waals surface area contributed by atoms with E-state index in [1.807, 2.05) is 6.92 Å². The SMILES string of the molecule is CCCC(CCC)C(=O)NC(CCC)C(N)=NO. The lowest BCUT2D eigenvalue weighted by molar-refractivity contribution is -0.125. The summed E-state index contributed by atoms with van der Waals surface area (Å²) in [6.07, 6.45) is 5.30. The summed E-state index contributed by atoms with van der Waals surface area (Å²) >= 11 is 0. The van der Waals surface area contributed by atoms with Crippen molar-refractivity contribution in [2.45, 2.75) is 65.3 Å². The van der Waals surface area contributed by atoms with Gasteiger partial charge in [0.05, 0.1) is 6.04 Å². The maximum Gasteiger partial charge on any atom is 0.223 e. The number of nitrogens with one attached hydrogen (secondary N) is 1. The van der Waals surface area contributed by atoms with Crippen molar-refractivity contribution in [2.24, 2.45) is 16.8 Å². The normalized spacial score (nSPS) is 13.7. The summed E-state index contributed by atoms with van der Waals surface area (Å²) in [4.78, 5) is 12.1. The van der Waals surface area contributed by atoms with E-state index in [2.05, 4.69) is 24.3 Å². The first kappa shape index (κ1) is 16.7. The van der Waals surface area contributed by atoms with Gasteiger partial charge in [-0.25, -0.2) is 0 Å². The Kier molecular flexibility index (Phi) is 9.06. The monoisotopic (exact) mass is 257 g/mol. The third kappa shape index (κ3) is 5.89. The first-order chi connectivity index (χ1) is 8.60. The van der Waals surface area contributed by atoms with Gasteiger partial charge in [-0.15, -0.1) is 0 Å². The van der Waals surface area contributed by atoms with E-state index in [1.54, 1.807) is 0 Å². The molecular weight excluding hydrogens is 230 g/mol. The minimum atomic E-state index is -0.358. The molecule has 0 rings (SSSR count). The van der Waals surface area contributed by atoms with Crippen LogP contribution in [0.2, 0.25) is 0 Å². The van der Waals surface area contributed by atoms with Crippen molar-refractivity contribution in [3.05, 3.63) is 0 Å². The number of nitrogens with two attached hydrogens (primary N) is 1. The largest absolute Gasteiger partial charge is 0.409 e. The van der Waals surface area contributed by atoms with E-state index < -0.39 is 0 Å². The molecule has 0 aliphatic heterocycles. The highest BCUT2D eigenvalue weighted by Gasteiger charge is 2.21. The third-order valence-electron chi connectivity index (χ3n) is 3.01. The van der Waals surface area contributed by atoms with Crippen molar-refractivity contribution in [3.8, 4) is 0 Å². The van der Waals surface area contributed by atoms with E-state index in [9.17, 15) is 4.79 Å². The van der Waals surface area contributed by atoms with Crippen LogP contribution in [0.4, 0.5) is 0 Å². The molecule has 0 spiro atoms. The highest BCUT2D eigenvalue weighted by atomic mass is 16.4. The van der Waals surface area contributed by atoms with Gasteiger partial charge in [-0.3, -0.25) is 4.79 Å². The molecular formula is C13H27N3O2. The van der Waals surface area contributed by atoms with E-state index in [-0.39, 0.29) is 23.7 Å². The Hall–Kier alpha value is -1.26. The second-order valence-corrected chi connectivity index (χ2v) is 4.65. The Morgan fingerprint density at radius 2 is 1.67 bits per heavy atom. The number of hydrogen-bond acceptors (Lipinski definition) is 3. The summed E-state index contributed by atoms with van der Waals surface area (Å²) < 4.78 is 0. The predicted molar refractivity (Wildman–Crippen MR) is 73.6 cm³/mol. The van der Waals surface area contributed by atoms with Gasteiger partial charge in [-0.05, 0) is 19.3 Å². The molecule has 0 aliphatic carbocycles. The van der Waals surface area contributed by atoms with Crippen LogP contribution >= 0.6 is 0 Å². The van der Waals surface area contributed by atoms with Gasteiger partial charge in [0.25, 0.3) is 0 Å². The first-order valence-corrected chi connectivity index (χ1v) is 6.88. The molecule has 1 unspecified atom stereocenters. The predicted octanol–water partition coefficient (Wildman–Crippen LogP) is 2.23. The second kappa shape index (κ2) is 9.74. The highest BCUT2D eigenvalue weighted by Crippen LogP contribution is 2.14. The van der Waals surface area contributed by atoms with Crippen LogP contribution in [0.1, 0.15) is 59.3 Å². The number of nitrogens with zero attached hydrogens (tertiary/aromatic N) is 1. The van der Waals surface area contributed by atoms with Crippen molar-refractivity contribution < 1.29 is 10.0 Å². The molecule has 0 aliphatic rings. The lowest BCUT2D eigenvalue weighted by atomic mass is 9.96. The van der Waals surface area contributed by atoms with Crippen molar-refractivity contribution in [3.63, 3.8) is 0 Å². The molecule has 0 aromatic carbocycles. The Morgan fingerprint density at radius 3 is 2.06 bits per heavy atom. The minimum Gasteiger partial charge on any atom is -0.409 e. The van der Waals surface area contributed by atoms with Gasteiger partial charge in [0.1, 0.15) is 0 Å². The van der Waals surface area contributed by atoms with Gasteiger partial charge in [0.15, 0.2) is 5.84 Å². The average Bonchev–Trinajstić information content (AvgIpc) is 2.37. The van der Waals surface area contributed by atoms with Gasteiger partial charge >= 0.3 is 0 Å². The molecule has 0 heterocycles. The standard InChI is InChI=1S/C13H27N3O2/c1-4-7-10(8-5-2)13(17)15-11(9-6-3)12(14)16-18/h10-11,18H,4-9H2,1-3H3,(H2,14,16)(H,15,17). The van der Waals surface area contributed by atoms with E-state index in [4.69, 9.17) is 10.9 Å². The van der Waals surface area contributed by atoms with Crippen LogP contribution in [-0.4, -0.2) is 23.0 Å². The van der Waals surface area contributed by atoms with Crippen LogP contribution in [0.25, 0.3) is 0 Å². The fraction of sp³-hybridized carbons (Fsp3) is 0.846. The van der Waals surface area contributed by atoms with Gasteiger partial charge in [0, 0.05) is 5.92 Å². The number of amidine groups is 1. The molecule has 5 heteroatoms. The van der Waals surface area contributed by atoms with E-state index in [0.29, 0.717) is 6.42 Å². The first-order valence-electron chi connectivity index (χ1n) is 6.88. The summed E-state index contributed by atoms with van der Waals surface area (Å²) in [7, 11) is 0. The molecule has 0 saturated heterocycles. The molecule has 1 atom stereocenters. The Bertz CT molecular complexity index is 261. The number of carbonyl (C=O) groups is 1.